The summed E-state index contributed by atoms with van der Waals surface area (Å²) in [4.78, 5) is 10.7. The highest BCUT2D eigenvalue weighted by Crippen LogP contribution is 2.00. The number of hydrogen-bond donors (Lipinski definition) is 1. The minimum Gasteiger partial charge on any atom is -0.328 e. The van der Waals surface area contributed by atoms with Gasteiger partial charge in [-0.05, 0) is 27.1 Å². The van der Waals surface area contributed by atoms with Crippen LogP contribution in [-0.2, 0) is 13.0 Å². The fourth-order valence-corrected chi connectivity index (χ4v) is 1.24. The molecule has 0 aliphatic carbocycles. The van der Waals surface area contributed by atoms with E-state index < -0.39 is 0 Å². The van der Waals surface area contributed by atoms with Crippen LogP contribution in [0.15, 0.2) is 12.3 Å². The maximum atomic E-state index is 5.70. The van der Waals surface area contributed by atoms with Crippen molar-refractivity contribution < 1.29 is 0 Å². The Bertz CT molecular complexity index is 258. The standard InChI is InChI=1S/C10H18N4/c1-8(11)6-9-4-5-12-10(13-9)7-14(2)3/h4-5,8H,6-7,11H2,1-3H3. The Labute approximate surface area is 85.2 Å². The van der Waals surface area contributed by atoms with E-state index in [2.05, 4.69) is 9.97 Å². The van der Waals surface area contributed by atoms with E-state index in [-0.39, 0.29) is 6.04 Å². The third-order valence-electron chi connectivity index (χ3n) is 1.75. The van der Waals surface area contributed by atoms with Gasteiger partial charge in [0.1, 0.15) is 5.82 Å². The minimum atomic E-state index is 0.150. The lowest BCUT2D eigenvalue weighted by Crippen LogP contribution is -2.20. The van der Waals surface area contributed by atoms with E-state index in [0.717, 1.165) is 24.5 Å². The molecule has 0 saturated carbocycles. The Kier molecular flexibility index (Phi) is 3.98. The van der Waals surface area contributed by atoms with Crippen LogP contribution >= 0.6 is 0 Å². The summed E-state index contributed by atoms with van der Waals surface area (Å²) in [6.45, 7) is 2.75. The van der Waals surface area contributed by atoms with Crippen molar-refractivity contribution in [1.29, 1.82) is 0 Å². The summed E-state index contributed by atoms with van der Waals surface area (Å²) in [5, 5.41) is 0. The van der Waals surface area contributed by atoms with E-state index in [1.165, 1.54) is 0 Å². The van der Waals surface area contributed by atoms with Crippen molar-refractivity contribution in [2.75, 3.05) is 14.1 Å². The molecule has 0 fully saturated rings. The van der Waals surface area contributed by atoms with Crippen LogP contribution in [0.25, 0.3) is 0 Å². The first kappa shape index (κ1) is 11.1. The quantitative estimate of drug-likeness (QED) is 0.755. The molecule has 78 valence electrons. The van der Waals surface area contributed by atoms with Gasteiger partial charge in [-0.1, -0.05) is 0 Å². The Morgan fingerprint density at radius 1 is 1.50 bits per heavy atom. The van der Waals surface area contributed by atoms with Gasteiger partial charge in [0.05, 0.1) is 6.54 Å². The van der Waals surface area contributed by atoms with Gasteiger partial charge in [-0.2, -0.15) is 0 Å². The maximum Gasteiger partial charge on any atom is 0.142 e. The highest BCUT2D eigenvalue weighted by Gasteiger charge is 2.02. The first-order chi connectivity index (χ1) is 6.58. The molecule has 1 aromatic rings. The largest absolute Gasteiger partial charge is 0.328 e. The molecule has 0 spiro atoms. The second-order valence-corrected chi connectivity index (χ2v) is 3.88. The monoisotopic (exact) mass is 194 g/mol. The molecule has 2 N–H and O–H groups in total. The molecule has 0 bridgehead atoms. The predicted molar refractivity (Wildman–Crippen MR) is 56.8 cm³/mol. The minimum absolute atomic E-state index is 0.150. The molecule has 1 aromatic heterocycles. The lowest BCUT2D eigenvalue weighted by Gasteiger charge is -2.09. The zero-order chi connectivity index (χ0) is 10.6. The van der Waals surface area contributed by atoms with Crippen molar-refractivity contribution in [3.05, 3.63) is 23.8 Å². The fraction of sp³-hybridized carbons (Fsp3) is 0.600. The van der Waals surface area contributed by atoms with Gasteiger partial charge in [-0.25, -0.2) is 9.97 Å². The molecular formula is C10H18N4. The Balaban J connectivity index is 2.68. The van der Waals surface area contributed by atoms with E-state index >= 15 is 0 Å². The van der Waals surface area contributed by atoms with Crippen LogP contribution in [0, 0.1) is 0 Å². The molecule has 1 heterocycles. The van der Waals surface area contributed by atoms with Crippen LogP contribution in [0.4, 0.5) is 0 Å². The van der Waals surface area contributed by atoms with Crippen molar-refractivity contribution in [1.82, 2.24) is 14.9 Å². The van der Waals surface area contributed by atoms with Gasteiger partial charge in [0.15, 0.2) is 0 Å². The van der Waals surface area contributed by atoms with Crippen LogP contribution in [0.2, 0.25) is 0 Å². The molecule has 0 aliphatic heterocycles. The van der Waals surface area contributed by atoms with Gasteiger partial charge in [0, 0.05) is 24.4 Å². The first-order valence-electron chi connectivity index (χ1n) is 4.79. The summed E-state index contributed by atoms with van der Waals surface area (Å²) >= 11 is 0. The van der Waals surface area contributed by atoms with E-state index in [9.17, 15) is 0 Å². The smallest absolute Gasteiger partial charge is 0.142 e. The van der Waals surface area contributed by atoms with E-state index in [1.54, 1.807) is 6.20 Å². The van der Waals surface area contributed by atoms with Crippen molar-refractivity contribution in [3.8, 4) is 0 Å². The summed E-state index contributed by atoms with van der Waals surface area (Å²) in [6.07, 6.45) is 2.60. The maximum absolute atomic E-state index is 5.70. The molecule has 14 heavy (non-hydrogen) atoms. The van der Waals surface area contributed by atoms with Gasteiger partial charge in [-0.3, -0.25) is 0 Å². The second kappa shape index (κ2) is 5.02. The highest BCUT2D eigenvalue weighted by atomic mass is 15.1. The summed E-state index contributed by atoms with van der Waals surface area (Å²) in [5.74, 6) is 0.855. The third kappa shape index (κ3) is 3.81. The molecule has 0 aliphatic rings. The topological polar surface area (TPSA) is 55.0 Å². The molecule has 0 amide bonds. The zero-order valence-electron chi connectivity index (χ0n) is 9.07. The van der Waals surface area contributed by atoms with E-state index in [4.69, 9.17) is 5.73 Å². The average Bonchev–Trinajstić information content (AvgIpc) is 2.01. The van der Waals surface area contributed by atoms with Gasteiger partial charge in [-0.15, -0.1) is 0 Å². The molecule has 0 radical (unpaired) electrons. The van der Waals surface area contributed by atoms with Crippen LogP contribution in [0.5, 0.6) is 0 Å². The number of nitrogens with zero attached hydrogens (tertiary/aromatic N) is 3. The average molecular weight is 194 g/mol. The van der Waals surface area contributed by atoms with E-state index in [1.807, 2.05) is 32.0 Å². The highest BCUT2D eigenvalue weighted by molar-refractivity contribution is 5.03. The lowest BCUT2D eigenvalue weighted by atomic mass is 10.2. The third-order valence-corrected chi connectivity index (χ3v) is 1.75. The predicted octanol–water partition coefficient (Wildman–Crippen LogP) is 0.428. The van der Waals surface area contributed by atoms with Gasteiger partial charge >= 0.3 is 0 Å². The molecule has 0 saturated heterocycles. The molecule has 0 aromatic carbocycles. The van der Waals surface area contributed by atoms with Gasteiger partial charge < -0.3 is 10.6 Å². The van der Waals surface area contributed by atoms with Crippen molar-refractivity contribution in [2.45, 2.75) is 25.9 Å². The SMILES string of the molecule is CC(N)Cc1ccnc(CN(C)C)n1. The molecule has 1 atom stereocenters. The molecule has 4 nitrogen and oxygen atoms in total. The van der Waals surface area contributed by atoms with Crippen LogP contribution in [-0.4, -0.2) is 35.0 Å². The summed E-state index contributed by atoms with van der Waals surface area (Å²) in [7, 11) is 4.00. The van der Waals surface area contributed by atoms with Gasteiger partial charge in [0.2, 0.25) is 0 Å². The number of aromatic nitrogens is 2. The normalized spacial score (nSPS) is 13.2. The molecule has 1 rings (SSSR count). The van der Waals surface area contributed by atoms with Crippen LogP contribution < -0.4 is 5.73 Å². The summed E-state index contributed by atoms with van der Waals surface area (Å²) in [5.41, 5.74) is 6.73. The zero-order valence-corrected chi connectivity index (χ0v) is 9.07. The van der Waals surface area contributed by atoms with Gasteiger partial charge in [0.25, 0.3) is 0 Å². The second-order valence-electron chi connectivity index (χ2n) is 3.88. The Morgan fingerprint density at radius 2 is 2.21 bits per heavy atom. The molecular weight excluding hydrogens is 176 g/mol. The first-order valence-corrected chi connectivity index (χ1v) is 4.79. The Morgan fingerprint density at radius 3 is 2.79 bits per heavy atom. The van der Waals surface area contributed by atoms with Crippen molar-refractivity contribution >= 4 is 0 Å². The molecule has 4 heteroatoms. The number of nitrogens with two attached hydrogens (primary N) is 1. The molecule has 1 unspecified atom stereocenters. The number of rotatable bonds is 4. The van der Waals surface area contributed by atoms with Crippen molar-refractivity contribution in [3.63, 3.8) is 0 Å². The van der Waals surface area contributed by atoms with Crippen LogP contribution in [0.3, 0.4) is 0 Å². The van der Waals surface area contributed by atoms with Crippen molar-refractivity contribution in [2.24, 2.45) is 5.73 Å². The van der Waals surface area contributed by atoms with Crippen LogP contribution in [0.1, 0.15) is 18.4 Å². The summed E-state index contributed by atoms with van der Waals surface area (Å²) in [6, 6.07) is 2.07. The fourth-order valence-electron chi connectivity index (χ4n) is 1.24. The Hall–Kier alpha value is -1.00. The van der Waals surface area contributed by atoms with E-state index in [0.29, 0.717) is 0 Å². The lowest BCUT2D eigenvalue weighted by molar-refractivity contribution is 0.389. The summed E-state index contributed by atoms with van der Waals surface area (Å²) < 4.78 is 0. The number of hydrogen-bond acceptors (Lipinski definition) is 4.